The SMILES string of the molecule is CCCCCCc1cn(Cc2ccc([N+](=O)[O-])c(C(C)OCOC(O)CC)c2)nn1. The van der Waals surface area contributed by atoms with Crippen molar-refractivity contribution in [2.75, 3.05) is 6.79 Å². The zero-order valence-corrected chi connectivity index (χ0v) is 18.0. The van der Waals surface area contributed by atoms with Crippen molar-refractivity contribution < 1.29 is 19.5 Å². The topological polar surface area (TPSA) is 113 Å². The Morgan fingerprint density at radius 3 is 2.73 bits per heavy atom. The maximum absolute atomic E-state index is 11.4. The molecule has 0 aliphatic rings. The highest BCUT2D eigenvalue weighted by atomic mass is 16.7. The molecule has 2 rings (SSSR count). The van der Waals surface area contributed by atoms with Crippen LogP contribution < -0.4 is 0 Å². The Morgan fingerprint density at radius 1 is 1.23 bits per heavy atom. The summed E-state index contributed by atoms with van der Waals surface area (Å²) in [5.41, 5.74) is 2.25. The van der Waals surface area contributed by atoms with E-state index in [1.54, 1.807) is 30.7 Å². The zero-order valence-electron chi connectivity index (χ0n) is 18.0. The number of rotatable bonds is 14. The van der Waals surface area contributed by atoms with E-state index >= 15 is 0 Å². The number of nitro benzene ring substituents is 1. The van der Waals surface area contributed by atoms with Crippen LogP contribution in [0.2, 0.25) is 0 Å². The van der Waals surface area contributed by atoms with Crippen LogP contribution in [-0.4, -0.2) is 38.1 Å². The molecule has 2 aromatic rings. The molecule has 1 heterocycles. The van der Waals surface area contributed by atoms with Gasteiger partial charge < -0.3 is 14.6 Å². The second-order valence-electron chi connectivity index (χ2n) is 7.32. The molecule has 0 saturated heterocycles. The average Bonchev–Trinajstić information content (AvgIpc) is 3.17. The summed E-state index contributed by atoms with van der Waals surface area (Å²) < 4.78 is 12.4. The second-order valence-corrected chi connectivity index (χ2v) is 7.32. The fourth-order valence-corrected chi connectivity index (χ4v) is 3.07. The van der Waals surface area contributed by atoms with Crippen LogP contribution in [0.4, 0.5) is 5.69 Å². The Hall–Kier alpha value is -2.36. The molecule has 0 bridgehead atoms. The van der Waals surface area contributed by atoms with Gasteiger partial charge in [-0.3, -0.25) is 10.1 Å². The number of hydrogen-bond donors (Lipinski definition) is 1. The first-order valence-electron chi connectivity index (χ1n) is 10.5. The van der Waals surface area contributed by atoms with Crippen molar-refractivity contribution in [3.63, 3.8) is 0 Å². The van der Waals surface area contributed by atoms with Crippen LogP contribution in [0, 0.1) is 10.1 Å². The van der Waals surface area contributed by atoms with Gasteiger partial charge in [0.1, 0.15) is 0 Å². The van der Waals surface area contributed by atoms with Gasteiger partial charge in [0.2, 0.25) is 0 Å². The molecule has 0 radical (unpaired) electrons. The number of nitro groups is 1. The summed E-state index contributed by atoms with van der Waals surface area (Å²) in [6.07, 6.45) is 6.48. The van der Waals surface area contributed by atoms with Gasteiger partial charge in [0.25, 0.3) is 5.69 Å². The lowest BCUT2D eigenvalue weighted by molar-refractivity contribution is -0.386. The summed E-state index contributed by atoms with van der Waals surface area (Å²) in [7, 11) is 0. The molecule has 9 heteroatoms. The van der Waals surface area contributed by atoms with Crippen molar-refractivity contribution in [3.8, 4) is 0 Å². The van der Waals surface area contributed by atoms with Crippen LogP contribution in [0.5, 0.6) is 0 Å². The van der Waals surface area contributed by atoms with Gasteiger partial charge >= 0.3 is 0 Å². The average molecular weight is 421 g/mol. The van der Waals surface area contributed by atoms with Gasteiger partial charge in [0.05, 0.1) is 28.8 Å². The van der Waals surface area contributed by atoms with Gasteiger partial charge in [0.15, 0.2) is 13.1 Å². The fraction of sp³-hybridized carbons (Fsp3) is 0.619. The standard InChI is InChI=1S/C21H32N4O5/c1-4-6-7-8-9-18-14-24(23-22-18)13-17-10-11-20(25(27)28)19(12-17)16(3)29-15-30-21(26)5-2/h10-12,14,16,21,26H,4-9,13,15H2,1-3H3. The summed E-state index contributed by atoms with van der Waals surface area (Å²) >= 11 is 0. The van der Waals surface area contributed by atoms with Crippen LogP contribution in [0.3, 0.4) is 0 Å². The molecule has 0 aliphatic carbocycles. The summed E-state index contributed by atoms with van der Waals surface area (Å²) in [4.78, 5) is 11.0. The monoisotopic (exact) mass is 420 g/mol. The number of benzene rings is 1. The van der Waals surface area contributed by atoms with E-state index in [1.165, 1.54) is 25.3 Å². The maximum Gasteiger partial charge on any atom is 0.275 e. The molecule has 2 unspecified atom stereocenters. The minimum atomic E-state index is -0.915. The first kappa shape index (κ1) is 23.9. The Labute approximate surface area is 177 Å². The molecule has 1 aromatic heterocycles. The molecular weight excluding hydrogens is 388 g/mol. The quantitative estimate of drug-likeness (QED) is 0.211. The Morgan fingerprint density at radius 2 is 2.03 bits per heavy atom. The van der Waals surface area contributed by atoms with Crippen molar-refractivity contribution in [1.82, 2.24) is 15.0 Å². The van der Waals surface area contributed by atoms with Crippen molar-refractivity contribution in [2.24, 2.45) is 0 Å². The van der Waals surface area contributed by atoms with Crippen LogP contribution >= 0.6 is 0 Å². The third-order valence-electron chi connectivity index (χ3n) is 4.87. The lowest BCUT2D eigenvalue weighted by atomic mass is 10.0. The van der Waals surface area contributed by atoms with Gasteiger partial charge in [0, 0.05) is 12.3 Å². The van der Waals surface area contributed by atoms with Crippen molar-refractivity contribution in [1.29, 1.82) is 0 Å². The molecule has 166 valence electrons. The number of ether oxygens (including phenoxy) is 2. The third kappa shape index (κ3) is 7.47. The van der Waals surface area contributed by atoms with Gasteiger partial charge in [-0.15, -0.1) is 5.10 Å². The molecule has 1 aromatic carbocycles. The van der Waals surface area contributed by atoms with E-state index in [0.29, 0.717) is 18.5 Å². The highest BCUT2D eigenvalue weighted by molar-refractivity contribution is 5.44. The second kappa shape index (κ2) is 12.4. The smallest absolute Gasteiger partial charge is 0.275 e. The van der Waals surface area contributed by atoms with E-state index in [9.17, 15) is 15.2 Å². The third-order valence-corrected chi connectivity index (χ3v) is 4.87. The molecule has 0 saturated carbocycles. The number of hydrogen-bond acceptors (Lipinski definition) is 7. The van der Waals surface area contributed by atoms with Gasteiger partial charge in [-0.25, -0.2) is 4.68 Å². The van der Waals surface area contributed by atoms with E-state index in [4.69, 9.17) is 9.47 Å². The number of aliphatic hydroxyl groups is 1. The highest BCUT2D eigenvalue weighted by Crippen LogP contribution is 2.29. The molecule has 30 heavy (non-hydrogen) atoms. The number of aliphatic hydroxyl groups excluding tert-OH is 1. The molecule has 2 atom stereocenters. The first-order chi connectivity index (χ1) is 14.4. The predicted molar refractivity (Wildman–Crippen MR) is 112 cm³/mol. The molecule has 0 spiro atoms. The van der Waals surface area contributed by atoms with Gasteiger partial charge in [-0.05, 0) is 37.8 Å². The fourth-order valence-electron chi connectivity index (χ4n) is 3.07. The summed E-state index contributed by atoms with van der Waals surface area (Å²) in [5.74, 6) is 0. The number of unbranched alkanes of at least 4 members (excludes halogenated alkanes) is 3. The maximum atomic E-state index is 11.4. The van der Waals surface area contributed by atoms with Crippen LogP contribution in [-0.2, 0) is 22.4 Å². The summed E-state index contributed by atoms with van der Waals surface area (Å²) in [6.45, 7) is 6.00. The van der Waals surface area contributed by atoms with Crippen molar-refractivity contribution in [2.45, 2.75) is 78.2 Å². The molecule has 1 N–H and O–H groups in total. The van der Waals surface area contributed by atoms with Crippen LogP contribution in [0.15, 0.2) is 24.4 Å². The number of nitrogens with zero attached hydrogens (tertiary/aromatic N) is 4. The normalized spacial score (nSPS) is 13.3. The van der Waals surface area contributed by atoms with Crippen molar-refractivity contribution in [3.05, 3.63) is 51.3 Å². The number of aromatic nitrogens is 3. The van der Waals surface area contributed by atoms with E-state index in [1.807, 2.05) is 6.20 Å². The summed E-state index contributed by atoms with van der Waals surface area (Å²) in [6, 6.07) is 4.95. The Balaban J connectivity index is 2.04. The Kier molecular flexibility index (Phi) is 9.85. The first-order valence-corrected chi connectivity index (χ1v) is 10.5. The molecule has 9 nitrogen and oxygen atoms in total. The minimum Gasteiger partial charge on any atom is -0.368 e. The lowest BCUT2D eigenvalue weighted by Gasteiger charge is -2.16. The lowest BCUT2D eigenvalue weighted by Crippen LogP contribution is -2.15. The highest BCUT2D eigenvalue weighted by Gasteiger charge is 2.20. The predicted octanol–water partition coefficient (Wildman–Crippen LogP) is 4.14. The number of aryl methyl sites for hydroxylation is 1. The molecule has 0 fully saturated rings. The van der Waals surface area contributed by atoms with E-state index in [2.05, 4.69) is 17.2 Å². The summed E-state index contributed by atoms with van der Waals surface area (Å²) in [5, 5.41) is 29.3. The molecule has 0 amide bonds. The zero-order chi connectivity index (χ0) is 21.9. The van der Waals surface area contributed by atoms with E-state index in [0.717, 1.165) is 24.1 Å². The van der Waals surface area contributed by atoms with Gasteiger partial charge in [-0.2, -0.15) is 0 Å². The van der Waals surface area contributed by atoms with Crippen LogP contribution in [0.25, 0.3) is 0 Å². The van der Waals surface area contributed by atoms with E-state index in [-0.39, 0.29) is 12.5 Å². The minimum absolute atomic E-state index is 0.0162. The van der Waals surface area contributed by atoms with Gasteiger partial charge in [-0.1, -0.05) is 44.4 Å². The van der Waals surface area contributed by atoms with Crippen molar-refractivity contribution >= 4 is 5.69 Å². The Bertz CT molecular complexity index is 795. The van der Waals surface area contributed by atoms with Crippen LogP contribution in [0.1, 0.15) is 75.8 Å². The molecular formula is C21H32N4O5. The largest absolute Gasteiger partial charge is 0.368 e. The van der Waals surface area contributed by atoms with E-state index < -0.39 is 17.3 Å². The molecule has 0 aliphatic heterocycles.